The van der Waals surface area contributed by atoms with Gasteiger partial charge in [0.1, 0.15) is 23.3 Å². The van der Waals surface area contributed by atoms with Crippen LogP contribution in [0.5, 0.6) is 0 Å². The van der Waals surface area contributed by atoms with Crippen LogP contribution in [-0.2, 0) is 9.59 Å². The smallest absolute Gasteiger partial charge is 0.233 e. The molecule has 2 fully saturated rings. The zero-order chi connectivity index (χ0) is 45.9. The van der Waals surface area contributed by atoms with Crippen LogP contribution in [0.25, 0.3) is 22.3 Å². The number of unbranched alkanes of at least 4 members (excludes halogenated alkanes) is 1. The van der Waals surface area contributed by atoms with E-state index in [9.17, 15) is 37.4 Å². The van der Waals surface area contributed by atoms with Crippen molar-refractivity contribution in [1.82, 2.24) is 0 Å². The van der Waals surface area contributed by atoms with Gasteiger partial charge in [-0.1, -0.05) is 110 Å². The molecule has 334 valence electrons. The molecule has 2 saturated heterocycles. The van der Waals surface area contributed by atoms with E-state index in [1.54, 1.807) is 58.3 Å². The number of anilines is 2. The van der Waals surface area contributed by atoms with Crippen molar-refractivity contribution >= 4 is 23.2 Å². The van der Waals surface area contributed by atoms with Crippen LogP contribution in [-0.4, -0.2) is 22.0 Å². The average Bonchev–Trinajstić information content (AvgIpc) is 3.34. The van der Waals surface area contributed by atoms with Crippen LogP contribution >= 0.6 is 0 Å². The first kappa shape index (κ1) is 44.3. The van der Waals surface area contributed by atoms with E-state index in [2.05, 4.69) is 24.3 Å². The molecule has 2 aliphatic heterocycles. The second-order valence-corrected chi connectivity index (χ2v) is 17.3. The van der Waals surface area contributed by atoms with Gasteiger partial charge in [0.15, 0.2) is 0 Å². The highest BCUT2D eigenvalue weighted by molar-refractivity contribution is 6.04. The number of amides is 2. The fourth-order valence-electron chi connectivity index (χ4n) is 9.54. The first-order valence-corrected chi connectivity index (χ1v) is 22.4. The van der Waals surface area contributed by atoms with Crippen molar-refractivity contribution in [2.75, 3.05) is 9.80 Å². The Labute approximate surface area is 381 Å². The molecule has 10 heteroatoms. The number of nitrogens with zero attached hydrogens (tertiary/aromatic N) is 2. The number of rotatable bonds is 16. The summed E-state index contributed by atoms with van der Waals surface area (Å²) in [5, 5.41) is 21.5. The molecule has 0 aromatic heterocycles. The van der Waals surface area contributed by atoms with Crippen molar-refractivity contribution in [1.29, 1.82) is 0 Å². The van der Waals surface area contributed by atoms with Crippen LogP contribution in [0.4, 0.5) is 28.9 Å². The summed E-state index contributed by atoms with van der Waals surface area (Å²) in [5.41, 5.74) is 8.32. The van der Waals surface area contributed by atoms with Gasteiger partial charge in [-0.15, -0.1) is 0 Å². The van der Waals surface area contributed by atoms with Gasteiger partial charge in [-0.2, -0.15) is 0 Å². The molecule has 9 rings (SSSR count). The van der Waals surface area contributed by atoms with Crippen LogP contribution in [0.15, 0.2) is 170 Å². The molecule has 66 heavy (non-hydrogen) atoms. The molecule has 0 radical (unpaired) electrons. The monoisotopic (exact) mass is 888 g/mol. The Kier molecular flexibility index (Phi) is 13.0. The van der Waals surface area contributed by atoms with Crippen molar-refractivity contribution in [2.45, 2.75) is 62.8 Å². The van der Waals surface area contributed by atoms with Crippen LogP contribution in [0.1, 0.15) is 85.1 Å². The summed E-state index contributed by atoms with van der Waals surface area (Å²) < 4.78 is 54.6. The zero-order valence-electron chi connectivity index (χ0n) is 36.0. The fraction of sp³-hybridized carbons (Fsp3) is 0.214. The molecule has 7 aromatic rings. The van der Waals surface area contributed by atoms with E-state index in [0.29, 0.717) is 54.6 Å². The first-order valence-electron chi connectivity index (χ1n) is 22.4. The van der Waals surface area contributed by atoms with Crippen molar-refractivity contribution < 1.29 is 37.4 Å². The van der Waals surface area contributed by atoms with Crippen LogP contribution < -0.4 is 9.80 Å². The molecule has 6 nitrogen and oxygen atoms in total. The van der Waals surface area contributed by atoms with Gasteiger partial charge in [0.25, 0.3) is 0 Å². The predicted molar refractivity (Wildman–Crippen MR) is 248 cm³/mol. The number of aliphatic hydroxyl groups excluding tert-OH is 2. The first-order chi connectivity index (χ1) is 32.0. The topological polar surface area (TPSA) is 81.1 Å². The van der Waals surface area contributed by atoms with E-state index in [1.807, 2.05) is 48.5 Å². The van der Waals surface area contributed by atoms with Gasteiger partial charge in [-0.3, -0.25) is 9.59 Å². The van der Waals surface area contributed by atoms with Gasteiger partial charge in [-0.05, 0) is 143 Å². The SMILES string of the molecule is O=C1[C@H](CCCC[C@H](O)c2ccc(F)cc2)[C@@H](c2ccc(-c3ccc(-c4ccc([C@@H]5[C@@H](CC[C@H](O)c6ccc(F)cc6)C(=O)N5c5ccc(F)cc5)cc4)cc3)cc2)N1c1ccc(F)cc1. The number of β-lactam (4-membered cyclic amide) rings is 2. The molecule has 0 aliphatic carbocycles. The summed E-state index contributed by atoms with van der Waals surface area (Å²) in [6.45, 7) is 0. The normalized spacial score (nSPS) is 19.0. The van der Waals surface area contributed by atoms with Crippen molar-refractivity contribution in [3.8, 4) is 22.3 Å². The highest BCUT2D eigenvalue weighted by Crippen LogP contribution is 2.48. The number of carbonyl (C=O) groups is 2. The summed E-state index contributed by atoms with van der Waals surface area (Å²) in [6.07, 6.45) is 1.67. The second kappa shape index (κ2) is 19.3. The molecule has 2 amide bonds. The molecular weight excluding hydrogens is 841 g/mol. The predicted octanol–water partition coefficient (Wildman–Crippen LogP) is 12.8. The van der Waals surface area contributed by atoms with Gasteiger partial charge >= 0.3 is 0 Å². The summed E-state index contributed by atoms with van der Waals surface area (Å²) in [7, 11) is 0. The minimum Gasteiger partial charge on any atom is -0.388 e. The van der Waals surface area contributed by atoms with E-state index >= 15 is 0 Å². The van der Waals surface area contributed by atoms with Crippen LogP contribution in [0, 0.1) is 35.1 Å². The van der Waals surface area contributed by atoms with E-state index < -0.39 is 23.9 Å². The van der Waals surface area contributed by atoms with E-state index in [4.69, 9.17) is 0 Å². The number of carbonyl (C=O) groups excluding carboxylic acids is 2. The van der Waals surface area contributed by atoms with Gasteiger partial charge in [0.05, 0.1) is 36.1 Å². The number of hydrogen-bond donors (Lipinski definition) is 2. The molecule has 0 unspecified atom stereocenters. The summed E-state index contributed by atoms with van der Waals surface area (Å²) in [6, 6.07) is 47.2. The Balaban J connectivity index is 0.876. The number of aliphatic hydroxyl groups is 2. The molecule has 6 atom stereocenters. The van der Waals surface area contributed by atoms with E-state index in [0.717, 1.165) is 39.8 Å². The molecule has 0 saturated carbocycles. The molecule has 0 spiro atoms. The minimum atomic E-state index is -0.856. The third-order valence-electron chi connectivity index (χ3n) is 13.2. The Bertz CT molecular complexity index is 2770. The number of benzene rings is 7. The van der Waals surface area contributed by atoms with Crippen molar-refractivity contribution in [3.63, 3.8) is 0 Å². The number of halogens is 4. The third kappa shape index (κ3) is 9.29. The fourth-order valence-corrected chi connectivity index (χ4v) is 9.54. The van der Waals surface area contributed by atoms with E-state index in [-0.39, 0.29) is 47.3 Å². The quantitative estimate of drug-likeness (QED) is 0.0575. The van der Waals surface area contributed by atoms with Gasteiger partial charge < -0.3 is 20.0 Å². The van der Waals surface area contributed by atoms with Crippen LogP contribution in [0.3, 0.4) is 0 Å². The van der Waals surface area contributed by atoms with Gasteiger partial charge in [0.2, 0.25) is 11.8 Å². The highest BCUT2D eigenvalue weighted by Gasteiger charge is 2.49. The maximum Gasteiger partial charge on any atom is 0.233 e. The molecule has 7 aromatic carbocycles. The third-order valence-corrected chi connectivity index (χ3v) is 13.2. The average molecular weight is 889 g/mol. The Morgan fingerprint density at radius 3 is 1.09 bits per heavy atom. The maximum atomic E-state index is 13.9. The molecule has 2 N–H and O–H groups in total. The molecular formula is C56H48F4N2O4. The molecule has 0 bridgehead atoms. The van der Waals surface area contributed by atoms with Crippen molar-refractivity contribution in [3.05, 3.63) is 215 Å². The molecule has 2 aliphatic rings. The lowest BCUT2D eigenvalue weighted by Crippen LogP contribution is -2.55. The lowest BCUT2D eigenvalue weighted by Gasteiger charge is -2.48. The largest absolute Gasteiger partial charge is 0.388 e. The number of hydrogen-bond acceptors (Lipinski definition) is 4. The maximum absolute atomic E-state index is 13.9. The van der Waals surface area contributed by atoms with E-state index in [1.165, 1.54) is 48.5 Å². The lowest BCUT2D eigenvalue weighted by molar-refractivity contribution is -0.131. The summed E-state index contributed by atoms with van der Waals surface area (Å²) in [5.74, 6) is -2.34. The highest BCUT2D eigenvalue weighted by atomic mass is 19.1. The Morgan fingerprint density at radius 1 is 0.394 bits per heavy atom. The van der Waals surface area contributed by atoms with Crippen molar-refractivity contribution in [2.24, 2.45) is 11.8 Å². The van der Waals surface area contributed by atoms with Crippen LogP contribution in [0.2, 0.25) is 0 Å². The Morgan fingerprint density at radius 2 is 0.712 bits per heavy atom. The van der Waals surface area contributed by atoms with Gasteiger partial charge in [0, 0.05) is 11.4 Å². The summed E-state index contributed by atoms with van der Waals surface area (Å²) >= 11 is 0. The zero-order valence-corrected chi connectivity index (χ0v) is 36.0. The minimum absolute atomic E-state index is 0.0251. The second-order valence-electron chi connectivity index (χ2n) is 17.3. The summed E-state index contributed by atoms with van der Waals surface area (Å²) in [4.78, 5) is 30.7. The molecule has 2 heterocycles. The Hall–Kier alpha value is -6.88. The lowest BCUT2D eigenvalue weighted by atomic mass is 9.78. The standard InChI is InChI=1S/C56H48F4N2O4/c57-43-21-17-39(18-22-43)51(63)4-2-1-3-49-53(61(55(49)65)47-29-25-45(59)26-30-47)41-13-9-37(10-14-41)35-5-7-36(8-6-35)38-11-15-42(16-12-38)54-50(33-34-52(64)40-19-23-44(58)24-20-40)56(66)62(54)48-31-27-46(60)28-32-48/h5-32,49-54,63-64H,1-4,33-34H2/t49-,50-,51+,52+,53-,54-/m1/s1. The van der Waals surface area contributed by atoms with Gasteiger partial charge in [-0.25, -0.2) is 17.6 Å².